The Bertz CT molecular complexity index is 1350. The fourth-order valence-corrected chi connectivity index (χ4v) is 5.11. The Morgan fingerprint density at radius 2 is 1.44 bits per heavy atom. The van der Waals surface area contributed by atoms with Crippen LogP contribution in [0.4, 0.5) is 10.1 Å². The summed E-state index contributed by atoms with van der Waals surface area (Å²) in [5.41, 5.74) is 1.30. The highest BCUT2D eigenvalue weighted by molar-refractivity contribution is 7.90. The molecule has 0 aliphatic rings. The van der Waals surface area contributed by atoms with Gasteiger partial charge in [-0.15, -0.1) is 0 Å². The monoisotopic (exact) mass is 554 g/mol. The van der Waals surface area contributed by atoms with E-state index >= 15 is 0 Å². The van der Waals surface area contributed by atoms with Crippen LogP contribution in [-0.2, 0) is 32.8 Å². The number of halogens is 1. The molecule has 1 N–H and O–H groups in total. The highest BCUT2D eigenvalue weighted by Gasteiger charge is 2.35. The minimum atomic E-state index is -4.08. The van der Waals surface area contributed by atoms with E-state index in [0.29, 0.717) is 0 Å². The maximum Gasteiger partial charge on any atom is 0.304 e. The molecule has 0 aliphatic carbocycles. The van der Waals surface area contributed by atoms with Crippen molar-refractivity contribution in [2.45, 2.75) is 38.9 Å². The molecule has 39 heavy (non-hydrogen) atoms. The summed E-state index contributed by atoms with van der Waals surface area (Å²) in [5, 5.41) is 2.87. The summed E-state index contributed by atoms with van der Waals surface area (Å²) in [6, 6.07) is 22.2. The van der Waals surface area contributed by atoms with E-state index in [2.05, 4.69) is 5.32 Å². The van der Waals surface area contributed by atoms with Crippen LogP contribution >= 0.6 is 0 Å². The smallest absolute Gasteiger partial charge is 0.304 e. The van der Waals surface area contributed by atoms with Crippen LogP contribution in [0.5, 0.6) is 0 Å². The summed E-state index contributed by atoms with van der Waals surface area (Å²) in [6.45, 7) is 2.81. The molecule has 1 atom stereocenters. The molecule has 0 radical (unpaired) electrons. The van der Waals surface area contributed by atoms with Crippen LogP contribution in [0.1, 0.15) is 25.0 Å². The fourth-order valence-electron chi connectivity index (χ4n) is 4.06. The van der Waals surface area contributed by atoms with E-state index in [-0.39, 0.29) is 30.3 Å². The molecule has 3 rings (SSSR count). The number of rotatable bonds is 12. The standard InChI is InChI=1S/C29H35FN4O4S/c1-22(2)31-29(36)27(19-23-13-7-5-8-14-23)33(20-24-15-11-12-18-26(24)30)28(35)21-34(39(37,38)32(3)4)25-16-9-6-10-17-25/h5-18,22,27H,19-21H2,1-4H3,(H,31,36). The van der Waals surface area contributed by atoms with E-state index in [1.807, 2.05) is 30.3 Å². The Hall–Kier alpha value is -3.76. The Labute approximate surface area is 230 Å². The largest absolute Gasteiger partial charge is 0.352 e. The summed E-state index contributed by atoms with van der Waals surface area (Å²) < 4.78 is 43.4. The molecule has 3 aromatic rings. The molecule has 0 bridgehead atoms. The van der Waals surface area contributed by atoms with E-state index < -0.39 is 40.4 Å². The summed E-state index contributed by atoms with van der Waals surface area (Å²) in [5.74, 6) is -1.59. The molecule has 10 heteroatoms. The quantitative estimate of drug-likeness (QED) is 0.371. The SMILES string of the molecule is CC(C)NC(=O)C(Cc1ccccc1)N(Cc1ccccc1F)C(=O)CN(c1ccccc1)S(=O)(=O)N(C)C. The number of amides is 2. The van der Waals surface area contributed by atoms with Crippen LogP contribution in [0.15, 0.2) is 84.9 Å². The van der Waals surface area contributed by atoms with Gasteiger partial charge in [-0.1, -0.05) is 66.7 Å². The molecular weight excluding hydrogens is 519 g/mol. The number of para-hydroxylation sites is 1. The molecule has 0 saturated heterocycles. The Morgan fingerprint density at radius 3 is 2.00 bits per heavy atom. The first-order chi connectivity index (χ1) is 18.5. The summed E-state index contributed by atoms with van der Waals surface area (Å²) >= 11 is 0. The first kappa shape index (κ1) is 29.8. The van der Waals surface area contributed by atoms with Crippen molar-refractivity contribution < 1.29 is 22.4 Å². The lowest BCUT2D eigenvalue weighted by atomic mass is 10.0. The molecule has 2 amide bonds. The zero-order valence-corrected chi connectivity index (χ0v) is 23.4. The third-order valence-electron chi connectivity index (χ3n) is 6.06. The predicted molar refractivity (Wildman–Crippen MR) is 151 cm³/mol. The third kappa shape index (κ3) is 7.87. The van der Waals surface area contributed by atoms with Crippen LogP contribution in [0.2, 0.25) is 0 Å². The molecule has 0 heterocycles. The van der Waals surface area contributed by atoms with Crippen LogP contribution in [0.3, 0.4) is 0 Å². The average Bonchev–Trinajstić information content (AvgIpc) is 2.90. The van der Waals surface area contributed by atoms with Crippen molar-refractivity contribution >= 4 is 27.7 Å². The van der Waals surface area contributed by atoms with Crippen LogP contribution in [-0.4, -0.2) is 62.2 Å². The number of carbonyl (C=O) groups is 2. The Morgan fingerprint density at radius 1 is 0.872 bits per heavy atom. The van der Waals surface area contributed by atoms with Gasteiger partial charge in [0.2, 0.25) is 11.8 Å². The molecule has 0 aliphatic heterocycles. The predicted octanol–water partition coefficient (Wildman–Crippen LogP) is 3.60. The van der Waals surface area contributed by atoms with Gasteiger partial charge < -0.3 is 10.2 Å². The van der Waals surface area contributed by atoms with Gasteiger partial charge >= 0.3 is 10.2 Å². The topological polar surface area (TPSA) is 90.0 Å². The Kier molecular flexibility index (Phi) is 10.2. The van der Waals surface area contributed by atoms with Crippen LogP contribution < -0.4 is 9.62 Å². The second-order valence-electron chi connectivity index (χ2n) is 9.61. The number of hydrogen-bond donors (Lipinski definition) is 1. The number of nitrogens with zero attached hydrogens (tertiary/aromatic N) is 3. The normalized spacial score (nSPS) is 12.3. The lowest BCUT2D eigenvalue weighted by Crippen LogP contribution is -2.55. The van der Waals surface area contributed by atoms with E-state index in [4.69, 9.17) is 0 Å². The molecule has 0 spiro atoms. The second-order valence-corrected chi connectivity index (χ2v) is 11.7. The lowest BCUT2D eigenvalue weighted by molar-refractivity contribution is -0.140. The van der Waals surface area contributed by atoms with Gasteiger partial charge in [-0.05, 0) is 37.6 Å². The highest BCUT2D eigenvalue weighted by atomic mass is 32.2. The van der Waals surface area contributed by atoms with Crippen molar-refractivity contribution in [3.63, 3.8) is 0 Å². The van der Waals surface area contributed by atoms with E-state index in [1.165, 1.54) is 25.1 Å². The number of anilines is 1. The summed E-state index contributed by atoms with van der Waals surface area (Å²) in [4.78, 5) is 28.8. The van der Waals surface area contributed by atoms with E-state index in [0.717, 1.165) is 14.2 Å². The minimum Gasteiger partial charge on any atom is -0.352 e. The van der Waals surface area contributed by atoms with E-state index in [9.17, 15) is 22.4 Å². The van der Waals surface area contributed by atoms with Crippen molar-refractivity contribution in [3.8, 4) is 0 Å². The Balaban J connectivity index is 2.09. The molecular formula is C29H35FN4O4S. The van der Waals surface area contributed by atoms with Gasteiger partial charge in [0.1, 0.15) is 18.4 Å². The van der Waals surface area contributed by atoms with Gasteiger partial charge in [0.15, 0.2) is 0 Å². The number of carbonyl (C=O) groups excluding carboxylic acids is 2. The minimum absolute atomic E-state index is 0.158. The van der Waals surface area contributed by atoms with E-state index in [1.54, 1.807) is 62.4 Å². The number of hydrogen-bond acceptors (Lipinski definition) is 4. The van der Waals surface area contributed by atoms with Gasteiger partial charge in [-0.3, -0.25) is 9.59 Å². The molecule has 1 unspecified atom stereocenters. The molecule has 8 nitrogen and oxygen atoms in total. The third-order valence-corrected chi connectivity index (χ3v) is 7.88. The maximum absolute atomic E-state index is 14.8. The highest BCUT2D eigenvalue weighted by Crippen LogP contribution is 2.22. The summed E-state index contributed by atoms with van der Waals surface area (Å²) in [7, 11) is -1.33. The molecule has 3 aromatic carbocycles. The number of benzene rings is 3. The fraction of sp³-hybridized carbons (Fsp3) is 0.310. The van der Waals surface area contributed by atoms with Gasteiger partial charge in [0.25, 0.3) is 0 Å². The van der Waals surface area contributed by atoms with Crippen molar-refractivity contribution in [3.05, 3.63) is 102 Å². The zero-order valence-electron chi connectivity index (χ0n) is 22.6. The van der Waals surface area contributed by atoms with Gasteiger partial charge in [-0.2, -0.15) is 12.7 Å². The van der Waals surface area contributed by atoms with Crippen molar-refractivity contribution in [1.29, 1.82) is 0 Å². The second kappa shape index (κ2) is 13.3. The number of nitrogens with one attached hydrogen (secondary N) is 1. The molecule has 0 aromatic heterocycles. The molecule has 0 fully saturated rings. The van der Waals surface area contributed by atoms with Gasteiger partial charge in [-0.25, -0.2) is 8.70 Å². The van der Waals surface area contributed by atoms with Gasteiger partial charge in [0, 0.05) is 38.7 Å². The first-order valence-electron chi connectivity index (χ1n) is 12.6. The van der Waals surface area contributed by atoms with Crippen molar-refractivity contribution in [1.82, 2.24) is 14.5 Å². The van der Waals surface area contributed by atoms with Crippen molar-refractivity contribution in [2.75, 3.05) is 24.9 Å². The van der Waals surface area contributed by atoms with Crippen LogP contribution in [0, 0.1) is 5.82 Å². The maximum atomic E-state index is 14.8. The van der Waals surface area contributed by atoms with Crippen molar-refractivity contribution in [2.24, 2.45) is 0 Å². The van der Waals surface area contributed by atoms with Gasteiger partial charge in [0.05, 0.1) is 5.69 Å². The van der Waals surface area contributed by atoms with Crippen LogP contribution in [0.25, 0.3) is 0 Å². The average molecular weight is 555 g/mol. The molecule has 208 valence electrons. The summed E-state index contributed by atoms with van der Waals surface area (Å²) in [6.07, 6.45) is 0.158. The lowest BCUT2D eigenvalue weighted by Gasteiger charge is -2.34. The molecule has 0 saturated carbocycles. The zero-order chi connectivity index (χ0) is 28.6. The first-order valence-corrected chi connectivity index (χ1v) is 14.0.